The van der Waals surface area contributed by atoms with Gasteiger partial charge in [0.05, 0.1) is 6.61 Å². The summed E-state index contributed by atoms with van der Waals surface area (Å²) in [6.07, 6.45) is 3.90. The van der Waals surface area contributed by atoms with Gasteiger partial charge in [0.1, 0.15) is 5.75 Å². The standard InChI is InChI=1S/C19H21NO3/c21-19(22)9-3-1-2-6-12-23-14-10-11-18-16(13-14)15-7-4-5-8-17(15)20-18/h4-5,7-8,10-11,13,20H,1-3,6,9,12H2,(H,21,22). The van der Waals surface area contributed by atoms with E-state index < -0.39 is 5.97 Å². The Hall–Kier alpha value is -2.49. The number of fused-ring (bicyclic) bond motifs is 3. The fourth-order valence-corrected chi connectivity index (χ4v) is 2.84. The van der Waals surface area contributed by atoms with Gasteiger partial charge in [0, 0.05) is 28.2 Å². The number of carbonyl (C=O) groups is 1. The number of aliphatic carboxylic acids is 1. The van der Waals surface area contributed by atoms with Gasteiger partial charge in [-0.15, -0.1) is 0 Å². The fourth-order valence-electron chi connectivity index (χ4n) is 2.84. The average Bonchev–Trinajstić information content (AvgIpc) is 2.92. The van der Waals surface area contributed by atoms with Gasteiger partial charge < -0.3 is 14.8 Å². The first-order valence-corrected chi connectivity index (χ1v) is 8.09. The van der Waals surface area contributed by atoms with Crippen molar-refractivity contribution in [2.75, 3.05) is 6.61 Å². The van der Waals surface area contributed by atoms with Crippen LogP contribution in [0.5, 0.6) is 5.75 Å². The van der Waals surface area contributed by atoms with Crippen LogP contribution in [0.3, 0.4) is 0 Å². The number of hydrogen-bond donors (Lipinski definition) is 2. The lowest BCUT2D eigenvalue weighted by molar-refractivity contribution is -0.137. The maximum atomic E-state index is 10.4. The van der Waals surface area contributed by atoms with Crippen molar-refractivity contribution in [2.45, 2.75) is 32.1 Å². The average molecular weight is 311 g/mol. The summed E-state index contributed by atoms with van der Waals surface area (Å²) in [5, 5.41) is 11.0. The molecule has 2 N–H and O–H groups in total. The van der Waals surface area contributed by atoms with Crippen LogP contribution in [0.25, 0.3) is 21.8 Å². The number of carboxylic acid groups (broad SMARTS) is 1. The molecule has 0 atom stereocenters. The third-order valence-corrected chi connectivity index (χ3v) is 4.03. The summed E-state index contributed by atoms with van der Waals surface area (Å²) in [5.41, 5.74) is 2.25. The molecule has 0 aliphatic carbocycles. The fraction of sp³-hybridized carbons (Fsp3) is 0.316. The molecule has 0 aliphatic rings. The minimum Gasteiger partial charge on any atom is -0.494 e. The van der Waals surface area contributed by atoms with Crippen molar-refractivity contribution < 1.29 is 14.6 Å². The number of hydrogen-bond acceptors (Lipinski definition) is 2. The zero-order chi connectivity index (χ0) is 16.1. The maximum absolute atomic E-state index is 10.4. The number of rotatable bonds is 8. The molecule has 0 aliphatic heterocycles. The van der Waals surface area contributed by atoms with Crippen LogP contribution in [0, 0.1) is 0 Å². The molecule has 3 rings (SSSR count). The zero-order valence-corrected chi connectivity index (χ0v) is 13.0. The molecule has 2 aromatic carbocycles. The van der Waals surface area contributed by atoms with Crippen LogP contribution in [0.4, 0.5) is 0 Å². The number of nitrogens with one attached hydrogen (secondary N) is 1. The van der Waals surface area contributed by atoms with Gasteiger partial charge in [-0.1, -0.05) is 31.0 Å². The zero-order valence-electron chi connectivity index (χ0n) is 13.0. The molecule has 23 heavy (non-hydrogen) atoms. The van der Waals surface area contributed by atoms with Crippen LogP contribution in [-0.4, -0.2) is 22.7 Å². The quantitative estimate of drug-likeness (QED) is 0.591. The molecular formula is C19H21NO3. The highest BCUT2D eigenvalue weighted by Crippen LogP contribution is 2.28. The minimum absolute atomic E-state index is 0.262. The molecule has 120 valence electrons. The highest BCUT2D eigenvalue weighted by Gasteiger charge is 2.05. The number of aromatic nitrogens is 1. The number of unbranched alkanes of at least 4 members (excludes halogenated alkanes) is 3. The summed E-state index contributed by atoms with van der Waals surface area (Å²) < 4.78 is 5.83. The molecule has 4 heteroatoms. The van der Waals surface area contributed by atoms with E-state index in [1.165, 1.54) is 10.8 Å². The second kappa shape index (κ2) is 7.18. The Morgan fingerprint density at radius 1 is 0.957 bits per heavy atom. The van der Waals surface area contributed by atoms with Crippen molar-refractivity contribution >= 4 is 27.8 Å². The number of benzene rings is 2. The van der Waals surface area contributed by atoms with Crippen LogP contribution in [0.15, 0.2) is 42.5 Å². The van der Waals surface area contributed by atoms with E-state index in [1.54, 1.807) is 0 Å². The summed E-state index contributed by atoms with van der Waals surface area (Å²) in [6, 6.07) is 14.4. The molecule has 3 aromatic rings. The predicted octanol–water partition coefficient (Wildman–Crippen LogP) is 4.74. The minimum atomic E-state index is -0.715. The molecule has 4 nitrogen and oxygen atoms in total. The van der Waals surface area contributed by atoms with Crippen LogP contribution in [0.1, 0.15) is 32.1 Å². The summed E-state index contributed by atoms with van der Waals surface area (Å²) in [5.74, 6) is 0.168. The largest absolute Gasteiger partial charge is 0.494 e. The van der Waals surface area contributed by atoms with Gasteiger partial charge in [0.2, 0.25) is 0 Å². The SMILES string of the molecule is O=C(O)CCCCCCOc1ccc2[nH]c3ccccc3c2c1. The van der Waals surface area contributed by atoms with Gasteiger partial charge in [0.15, 0.2) is 0 Å². The van der Waals surface area contributed by atoms with E-state index in [1.807, 2.05) is 18.2 Å². The molecule has 0 unspecified atom stereocenters. The molecular weight excluding hydrogens is 290 g/mol. The van der Waals surface area contributed by atoms with E-state index in [0.29, 0.717) is 6.61 Å². The summed E-state index contributed by atoms with van der Waals surface area (Å²) >= 11 is 0. The lowest BCUT2D eigenvalue weighted by atomic mass is 10.1. The number of aromatic amines is 1. The molecule has 0 saturated carbocycles. The van der Waals surface area contributed by atoms with Crippen molar-refractivity contribution in [3.05, 3.63) is 42.5 Å². The summed E-state index contributed by atoms with van der Waals surface area (Å²) in [4.78, 5) is 13.8. The molecule has 0 bridgehead atoms. The highest BCUT2D eigenvalue weighted by atomic mass is 16.5. The van der Waals surface area contributed by atoms with Crippen molar-refractivity contribution in [2.24, 2.45) is 0 Å². The van der Waals surface area contributed by atoms with Crippen LogP contribution in [-0.2, 0) is 4.79 Å². The number of H-pyrrole nitrogens is 1. The highest BCUT2D eigenvalue weighted by molar-refractivity contribution is 6.07. The maximum Gasteiger partial charge on any atom is 0.303 e. The third kappa shape index (κ3) is 3.83. The van der Waals surface area contributed by atoms with Gasteiger partial charge >= 0.3 is 5.97 Å². The van der Waals surface area contributed by atoms with Crippen LogP contribution in [0.2, 0.25) is 0 Å². The molecule has 1 aromatic heterocycles. The Kier molecular flexibility index (Phi) is 4.81. The first-order chi connectivity index (χ1) is 11.2. The Morgan fingerprint density at radius 3 is 2.61 bits per heavy atom. The lowest BCUT2D eigenvalue weighted by Crippen LogP contribution is -1.98. The Bertz CT molecular complexity index is 807. The normalized spacial score (nSPS) is 11.1. The first kappa shape index (κ1) is 15.4. The Balaban J connectivity index is 1.54. The van der Waals surface area contributed by atoms with Gasteiger partial charge in [-0.3, -0.25) is 4.79 Å². The van der Waals surface area contributed by atoms with Crippen molar-refractivity contribution in [1.82, 2.24) is 4.98 Å². The van der Waals surface area contributed by atoms with Crippen molar-refractivity contribution in [3.63, 3.8) is 0 Å². The third-order valence-electron chi connectivity index (χ3n) is 4.03. The van der Waals surface area contributed by atoms with E-state index in [2.05, 4.69) is 29.2 Å². The smallest absolute Gasteiger partial charge is 0.303 e. The van der Waals surface area contributed by atoms with Gasteiger partial charge in [0.25, 0.3) is 0 Å². The second-order valence-corrected chi connectivity index (χ2v) is 5.78. The van der Waals surface area contributed by atoms with Crippen molar-refractivity contribution in [3.8, 4) is 5.75 Å². The predicted molar refractivity (Wildman–Crippen MR) is 92.0 cm³/mol. The van der Waals surface area contributed by atoms with E-state index >= 15 is 0 Å². The van der Waals surface area contributed by atoms with Crippen LogP contribution < -0.4 is 4.74 Å². The first-order valence-electron chi connectivity index (χ1n) is 8.09. The van der Waals surface area contributed by atoms with Gasteiger partial charge in [-0.2, -0.15) is 0 Å². The van der Waals surface area contributed by atoms with Gasteiger partial charge in [-0.05, 0) is 37.1 Å². The number of carboxylic acids is 1. The monoisotopic (exact) mass is 311 g/mol. The van der Waals surface area contributed by atoms with E-state index in [0.717, 1.165) is 42.5 Å². The molecule has 0 saturated heterocycles. The van der Waals surface area contributed by atoms with Crippen LogP contribution >= 0.6 is 0 Å². The Morgan fingerprint density at radius 2 is 1.74 bits per heavy atom. The van der Waals surface area contributed by atoms with E-state index in [4.69, 9.17) is 9.84 Å². The van der Waals surface area contributed by atoms with E-state index in [9.17, 15) is 4.79 Å². The lowest BCUT2D eigenvalue weighted by Gasteiger charge is -2.06. The second-order valence-electron chi connectivity index (χ2n) is 5.78. The molecule has 0 radical (unpaired) electrons. The van der Waals surface area contributed by atoms with E-state index in [-0.39, 0.29) is 6.42 Å². The summed E-state index contributed by atoms with van der Waals surface area (Å²) in [7, 11) is 0. The molecule has 0 spiro atoms. The topological polar surface area (TPSA) is 62.3 Å². The molecule has 0 fully saturated rings. The Labute approximate surface area is 135 Å². The van der Waals surface area contributed by atoms with Gasteiger partial charge in [-0.25, -0.2) is 0 Å². The van der Waals surface area contributed by atoms with Crippen molar-refractivity contribution in [1.29, 1.82) is 0 Å². The number of para-hydroxylation sites is 1. The number of ether oxygens (including phenoxy) is 1. The summed E-state index contributed by atoms with van der Waals surface area (Å²) in [6.45, 7) is 0.668. The molecule has 0 amide bonds. The molecule has 1 heterocycles.